The van der Waals surface area contributed by atoms with Gasteiger partial charge in [-0.15, -0.1) is 0 Å². The molecule has 0 aromatic rings. The zero-order valence-electron chi connectivity index (χ0n) is 27.6. The van der Waals surface area contributed by atoms with Crippen LogP contribution in [0.1, 0.15) is 59.8 Å². The summed E-state index contributed by atoms with van der Waals surface area (Å²) in [5.74, 6) is -2.45. The van der Waals surface area contributed by atoms with Crippen molar-refractivity contribution in [2.24, 2.45) is 0 Å². The highest BCUT2D eigenvalue weighted by molar-refractivity contribution is 5.93. The van der Waals surface area contributed by atoms with Crippen molar-refractivity contribution < 1.29 is 72.8 Å². The zero-order valence-corrected chi connectivity index (χ0v) is 27.6. The topological polar surface area (TPSA) is 246 Å². The van der Waals surface area contributed by atoms with Gasteiger partial charge in [-0.25, -0.2) is 4.79 Å². The lowest BCUT2D eigenvalue weighted by Crippen LogP contribution is -2.64. The molecule has 0 saturated carbocycles. The summed E-state index contributed by atoms with van der Waals surface area (Å²) in [5, 5.41) is 43.7. The van der Waals surface area contributed by atoms with E-state index in [9.17, 15) is 39.3 Å². The number of alkyl carbamates (subject to hydrolysis) is 1. The number of carboxylic acids is 1. The Morgan fingerprint density at radius 2 is 1.36 bits per heavy atom. The zero-order chi connectivity index (χ0) is 35.4. The minimum atomic E-state index is -1.53. The molecule has 0 aromatic heterocycles. The first kappa shape index (κ1) is 42.3. The molecule has 0 aromatic carbocycles. The molecule has 47 heavy (non-hydrogen) atoms. The van der Waals surface area contributed by atoms with Crippen LogP contribution in [0, 0.1) is 0 Å². The first-order chi connectivity index (χ1) is 22.1. The molecule has 1 aliphatic rings. The molecule has 1 aliphatic heterocycles. The van der Waals surface area contributed by atoms with Gasteiger partial charge in [0.05, 0.1) is 77.5 Å². The van der Waals surface area contributed by atoms with E-state index in [0.29, 0.717) is 26.2 Å². The molecule has 0 spiro atoms. The number of ether oxygens (including phenoxy) is 6. The average Bonchev–Trinajstić information content (AvgIpc) is 2.97. The van der Waals surface area contributed by atoms with E-state index in [2.05, 4.69) is 10.6 Å². The van der Waals surface area contributed by atoms with E-state index < -0.39 is 84.7 Å². The Labute approximate surface area is 274 Å². The predicted octanol–water partition coefficient (Wildman–Crippen LogP) is -0.894. The summed E-state index contributed by atoms with van der Waals surface area (Å²) in [5.41, 5.74) is -0.862. The van der Waals surface area contributed by atoms with Gasteiger partial charge in [0.2, 0.25) is 5.91 Å². The van der Waals surface area contributed by atoms with Crippen LogP contribution in [0.4, 0.5) is 4.79 Å². The van der Waals surface area contributed by atoms with Crippen molar-refractivity contribution in [2.75, 3.05) is 59.5 Å². The Kier molecular flexibility index (Phi) is 20.4. The number of amides is 2. The van der Waals surface area contributed by atoms with Crippen LogP contribution in [-0.4, -0.2) is 152 Å². The molecule has 1 fully saturated rings. The van der Waals surface area contributed by atoms with Gasteiger partial charge in [0.15, 0.2) is 5.78 Å². The molecular weight excluding hydrogens is 628 g/mol. The maximum atomic E-state index is 13.1. The van der Waals surface area contributed by atoms with Crippen molar-refractivity contribution in [1.29, 1.82) is 0 Å². The molecule has 0 aliphatic carbocycles. The highest BCUT2D eigenvalue weighted by Crippen LogP contribution is 2.24. The fourth-order valence-electron chi connectivity index (χ4n) is 4.46. The second-order valence-electron chi connectivity index (χ2n) is 11.9. The molecule has 2 amide bonds. The summed E-state index contributed by atoms with van der Waals surface area (Å²) in [6.07, 6.45) is -6.87. The van der Waals surface area contributed by atoms with Gasteiger partial charge in [-0.2, -0.15) is 0 Å². The molecule has 1 rings (SSSR count). The number of rotatable bonds is 24. The summed E-state index contributed by atoms with van der Waals surface area (Å²) >= 11 is 0. The van der Waals surface area contributed by atoms with Crippen molar-refractivity contribution in [3.05, 3.63) is 0 Å². The lowest BCUT2D eigenvalue weighted by molar-refractivity contribution is -0.196. The average molecular weight is 681 g/mol. The van der Waals surface area contributed by atoms with Gasteiger partial charge in [-0.3, -0.25) is 19.2 Å². The monoisotopic (exact) mass is 680 g/mol. The lowest BCUT2D eigenvalue weighted by Gasteiger charge is -2.42. The fourth-order valence-corrected chi connectivity index (χ4v) is 4.46. The third-order valence-electron chi connectivity index (χ3n) is 6.63. The second kappa shape index (κ2) is 22.7. The minimum absolute atomic E-state index is 0.0249. The van der Waals surface area contributed by atoms with Crippen molar-refractivity contribution in [1.82, 2.24) is 10.6 Å². The quantitative estimate of drug-likeness (QED) is 0.0677. The molecular formula is C30H52N2O15. The van der Waals surface area contributed by atoms with Crippen LogP contribution < -0.4 is 10.6 Å². The van der Waals surface area contributed by atoms with Gasteiger partial charge in [0, 0.05) is 32.8 Å². The number of Topliss-reactive ketones (excluding diaryl/α,β-unsaturated/α-hetero) is 2. The van der Waals surface area contributed by atoms with E-state index in [-0.39, 0.29) is 52.3 Å². The van der Waals surface area contributed by atoms with Crippen LogP contribution in [-0.2, 0) is 47.6 Å². The Morgan fingerprint density at radius 3 is 1.87 bits per heavy atom. The van der Waals surface area contributed by atoms with Gasteiger partial charge < -0.3 is 59.5 Å². The van der Waals surface area contributed by atoms with Gasteiger partial charge in [-0.05, 0) is 27.2 Å². The molecule has 17 nitrogen and oxygen atoms in total. The molecule has 1 saturated heterocycles. The number of hydrogen-bond donors (Lipinski definition) is 6. The normalized spacial score (nSPS) is 21.9. The summed E-state index contributed by atoms with van der Waals surface area (Å²) in [6, 6.07) is -2.40. The summed E-state index contributed by atoms with van der Waals surface area (Å²) in [7, 11) is 0. The molecule has 17 heteroatoms. The second-order valence-corrected chi connectivity index (χ2v) is 11.9. The largest absolute Gasteiger partial charge is 0.481 e. The Bertz CT molecular complexity index is 973. The Morgan fingerprint density at radius 1 is 0.809 bits per heavy atom. The predicted molar refractivity (Wildman–Crippen MR) is 163 cm³/mol. The Balaban J connectivity index is 2.54. The van der Waals surface area contributed by atoms with Crippen LogP contribution in [0.25, 0.3) is 0 Å². The molecule has 0 bridgehead atoms. The SMILES string of the molecule is CC(=O)NC1C(CC(=O)C[C@H](NC(=O)OC(C)(C)C)C(=O)CCCOCCOCCOCCOCCC(=O)O)OC(CO)C(O)C1O. The number of carbonyl (C=O) groups excluding carboxylic acids is 4. The van der Waals surface area contributed by atoms with E-state index in [0.717, 1.165) is 0 Å². The van der Waals surface area contributed by atoms with Crippen molar-refractivity contribution in [2.45, 2.75) is 102 Å². The number of aliphatic hydroxyl groups excluding tert-OH is 3. The van der Waals surface area contributed by atoms with Gasteiger partial charge in [0.25, 0.3) is 0 Å². The minimum Gasteiger partial charge on any atom is -0.481 e. The maximum absolute atomic E-state index is 13.1. The number of ketones is 2. The Hall–Kier alpha value is -2.77. The lowest BCUT2D eigenvalue weighted by atomic mass is 9.89. The molecule has 0 radical (unpaired) electrons. The van der Waals surface area contributed by atoms with Crippen molar-refractivity contribution in [3.63, 3.8) is 0 Å². The maximum Gasteiger partial charge on any atom is 0.408 e. The van der Waals surface area contributed by atoms with Crippen LogP contribution in [0.3, 0.4) is 0 Å². The molecule has 5 unspecified atom stereocenters. The summed E-state index contributed by atoms with van der Waals surface area (Å²) in [4.78, 5) is 60.8. The number of hydrogen-bond acceptors (Lipinski definition) is 14. The molecule has 272 valence electrons. The van der Waals surface area contributed by atoms with E-state index in [1.165, 1.54) is 6.92 Å². The highest BCUT2D eigenvalue weighted by atomic mass is 16.6. The van der Waals surface area contributed by atoms with Crippen molar-refractivity contribution >= 4 is 29.5 Å². The van der Waals surface area contributed by atoms with E-state index in [4.69, 9.17) is 33.5 Å². The van der Waals surface area contributed by atoms with Gasteiger partial charge in [-0.1, -0.05) is 0 Å². The van der Waals surface area contributed by atoms with Crippen LogP contribution >= 0.6 is 0 Å². The van der Waals surface area contributed by atoms with E-state index in [1.54, 1.807) is 20.8 Å². The van der Waals surface area contributed by atoms with E-state index >= 15 is 0 Å². The third-order valence-corrected chi connectivity index (χ3v) is 6.63. The third kappa shape index (κ3) is 19.0. The number of aliphatic hydroxyl groups is 3. The molecule has 6 atom stereocenters. The first-order valence-electron chi connectivity index (χ1n) is 15.6. The number of carbonyl (C=O) groups is 5. The summed E-state index contributed by atoms with van der Waals surface area (Å²) in [6.45, 7) is 7.60. The number of nitrogens with one attached hydrogen (secondary N) is 2. The van der Waals surface area contributed by atoms with Gasteiger partial charge in [0.1, 0.15) is 29.7 Å². The first-order valence-corrected chi connectivity index (χ1v) is 15.6. The van der Waals surface area contributed by atoms with Crippen LogP contribution in [0.5, 0.6) is 0 Å². The highest BCUT2D eigenvalue weighted by Gasteiger charge is 2.45. The standard InChI is InChI=1S/C30H52N2O15/c1-19(34)31-26-23(46-24(18-33)27(39)28(26)40)17-20(35)16-21(32-29(41)47-30(2,3)4)22(36)6-5-8-42-10-12-44-14-15-45-13-11-43-9-7-25(37)38/h21,23-24,26-28,33,39-40H,5-18H2,1-4H3,(H,31,34)(H,32,41)(H,37,38)/t21-,23?,24?,26?,27?,28?/m0/s1. The fraction of sp³-hybridized carbons (Fsp3) is 0.833. The van der Waals surface area contributed by atoms with Gasteiger partial charge >= 0.3 is 12.1 Å². The smallest absolute Gasteiger partial charge is 0.408 e. The van der Waals surface area contributed by atoms with E-state index in [1.807, 2.05) is 0 Å². The number of aliphatic carboxylic acids is 1. The van der Waals surface area contributed by atoms with Crippen LogP contribution in [0.15, 0.2) is 0 Å². The summed E-state index contributed by atoms with van der Waals surface area (Å²) < 4.78 is 32.1. The molecule has 1 heterocycles. The molecule has 6 N–H and O–H groups in total. The van der Waals surface area contributed by atoms with Crippen LogP contribution in [0.2, 0.25) is 0 Å². The van der Waals surface area contributed by atoms with Crippen molar-refractivity contribution in [3.8, 4) is 0 Å². The number of carboxylic acid groups (broad SMARTS) is 1.